The maximum Gasteiger partial charge on any atom is 0.310 e. The van der Waals surface area contributed by atoms with E-state index in [0.717, 1.165) is 23.0 Å². The first-order chi connectivity index (χ1) is 9.96. The number of benzene rings is 1. The number of hydrogen-bond acceptors (Lipinski definition) is 3. The van der Waals surface area contributed by atoms with Crippen molar-refractivity contribution in [3.63, 3.8) is 0 Å². The monoisotopic (exact) mass is 304 g/mol. The Balaban J connectivity index is 3.26. The lowest BCUT2D eigenvalue weighted by Crippen LogP contribution is -2.18. The minimum absolute atomic E-state index is 0.106. The van der Waals surface area contributed by atoms with Gasteiger partial charge in [0.2, 0.25) is 0 Å². The van der Waals surface area contributed by atoms with Crippen LogP contribution >= 0.6 is 0 Å². The summed E-state index contributed by atoms with van der Waals surface area (Å²) in [5.74, 6) is 0.0232. The third-order valence-electron chi connectivity index (χ3n) is 3.65. The van der Waals surface area contributed by atoms with Gasteiger partial charge in [-0.3, -0.25) is 4.79 Å². The zero-order valence-electron chi connectivity index (χ0n) is 14.6. The molecule has 0 amide bonds. The molecule has 0 atom stereocenters. The van der Waals surface area contributed by atoms with E-state index >= 15 is 0 Å². The standard InChI is InChI=1S/C19H28O3/c1-8-22-17(21)10-9-13-11-15(19(5,6)7)16(20)12-14(13)18(2,3)4/h8,11-12,20H,1,9-10H2,2-7H3. The van der Waals surface area contributed by atoms with Crippen molar-refractivity contribution < 1.29 is 14.6 Å². The molecule has 0 radical (unpaired) electrons. The van der Waals surface area contributed by atoms with Gasteiger partial charge in [-0.05, 0) is 40.0 Å². The van der Waals surface area contributed by atoms with Gasteiger partial charge in [0.05, 0.1) is 6.26 Å². The molecule has 0 spiro atoms. The first-order valence-electron chi connectivity index (χ1n) is 7.64. The van der Waals surface area contributed by atoms with Gasteiger partial charge in [0.1, 0.15) is 5.75 Å². The van der Waals surface area contributed by atoms with Crippen LogP contribution < -0.4 is 0 Å². The average molecular weight is 304 g/mol. The van der Waals surface area contributed by atoms with Crippen molar-refractivity contribution in [2.45, 2.75) is 65.2 Å². The van der Waals surface area contributed by atoms with E-state index in [-0.39, 0.29) is 16.8 Å². The number of carbonyl (C=O) groups is 1. The lowest BCUT2D eigenvalue weighted by atomic mass is 9.78. The molecule has 0 heterocycles. The molecule has 0 aliphatic heterocycles. The predicted octanol–water partition coefficient (Wildman–Crippen LogP) is 4.61. The Kier molecular flexibility index (Phi) is 5.44. The van der Waals surface area contributed by atoms with Crippen LogP contribution in [0.5, 0.6) is 5.75 Å². The zero-order chi connectivity index (χ0) is 17.1. The predicted molar refractivity (Wildman–Crippen MR) is 90.1 cm³/mol. The van der Waals surface area contributed by atoms with Gasteiger partial charge >= 0.3 is 5.97 Å². The summed E-state index contributed by atoms with van der Waals surface area (Å²) in [6.07, 6.45) is 2.04. The summed E-state index contributed by atoms with van der Waals surface area (Å²) < 4.78 is 4.79. The topological polar surface area (TPSA) is 46.5 Å². The second kappa shape index (κ2) is 6.55. The number of phenols is 1. The summed E-state index contributed by atoms with van der Waals surface area (Å²) in [4.78, 5) is 11.6. The Morgan fingerprint density at radius 1 is 1.14 bits per heavy atom. The number of phenolic OH excluding ortho intramolecular Hbond substituents is 1. The van der Waals surface area contributed by atoms with Crippen LogP contribution in [0.25, 0.3) is 0 Å². The summed E-state index contributed by atoms with van der Waals surface area (Å²) in [5.41, 5.74) is 2.77. The van der Waals surface area contributed by atoms with Gasteiger partial charge in [-0.1, -0.05) is 54.2 Å². The smallest absolute Gasteiger partial charge is 0.310 e. The van der Waals surface area contributed by atoms with Crippen LogP contribution in [0.3, 0.4) is 0 Å². The number of carbonyl (C=O) groups excluding carboxylic acids is 1. The Morgan fingerprint density at radius 2 is 1.68 bits per heavy atom. The molecule has 3 nitrogen and oxygen atoms in total. The van der Waals surface area contributed by atoms with Gasteiger partial charge in [-0.15, -0.1) is 0 Å². The van der Waals surface area contributed by atoms with Crippen LogP contribution in [-0.4, -0.2) is 11.1 Å². The molecule has 0 bridgehead atoms. The molecule has 0 aromatic heterocycles. The van der Waals surface area contributed by atoms with Crippen LogP contribution in [0.15, 0.2) is 25.0 Å². The highest BCUT2D eigenvalue weighted by Gasteiger charge is 2.25. The van der Waals surface area contributed by atoms with E-state index in [1.165, 1.54) is 0 Å². The lowest BCUT2D eigenvalue weighted by Gasteiger charge is -2.28. The summed E-state index contributed by atoms with van der Waals surface area (Å²) in [6.45, 7) is 15.9. The third kappa shape index (κ3) is 4.62. The molecule has 0 aliphatic rings. The number of esters is 1. The van der Waals surface area contributed by atoms with Gasteiger partial charge in [0.25, 0.3) is 0 Å². The van der Waals surface area contributed by atoms with Gasteiger partial charge < -0.3 is 9.84 Å². The lowest BCUT2D eigenvalue weighted by molar-refractivity contribution is -0.137. The van der Waals surface area contributed by atoms with Crippen LogP contribution in [-0.2, 0) is 26.8 Å². The van der Waals surface area contributed by atoms with Crippen LogP contribution in [0.4, 0.5) is 0 Å². The molecule has 3 heteroatoms. The SMILES string of the molecule is C=COC(=O)CCc1cc(C(C)(C)C)c(O)cc1C(C)(C)C. The first-order valence-corrected chi connectivity index (χ1v) is 7.64. The van der Waals surface area contributed by atoms with E-state index in [0.29, 0.717) is 18.6 Å². The molecular weight excluding hydrogens is 276 g/mol. The highest BCUT2D eigenvalue weighted by Crippen LogP contribution is 2.37. The molecule has 1 aromatic carbocycles. The quantitative estimate of drug-likeness (QED) is 0.653. The number of aromatic hydroxyl groups is 1. The summed E-state index contributed by atoms with van der Waals surface area (Å²) in [5, 5.41) is 10.4. The Labute approximate surface area is 134 Å². The molecule has 22 heavy (non-hydrogen) atoms. The van der Waals surface area contributed by atoms with E-state index in [2.05, 4.69) is 48.1 Å². The van der Waals surface area contributed by atoms with E-state index in [9.17, 15) is 9.90 Å². The second-order valence-corrected chi connectivity index (χ2v) is 7.68. The van der Waals surface area contributed by atoms with E-state index in [1.807, 2.05) is 12.1 Å². The van der Waals surface area contributed by atoms with Crippen molar-refractivity contribution in [1.29, 1.82) is 0 Å². The fraction of sp³-hybridized carbons (Fsp3) is 0.526. The molecule has 1 rings (SSSR count). The third-order valence-corrected chi connectivity index (χ3v) is 3.65. The number of rotatable bonds is 4. The van der Waals surface area contributed by atoms with Gasteiger partial charge in [0, 0.05) is 6.42 Å². The highest BCUT2D eigenvalue weighted by atomic mass is 16.5. The van der Waals surface area contributed by atoms with Crippen molar-refractivity contribution in [3.8, 4) is 5.75 Å². The molecule has 122 valence electrons. The molecule has 0 unspecified atom stereocenters. The largest absolute Gasteiger partial charge is 0.508 e. The maximum absolute atomic E-state index is 11.6. The normalized spacial score (nSPS) is 12.1. The first kappa shape index (κ1) is 18.3. The molecule has 0 saturated carbocycles. The molecule has 1 N–H and O–H groups in total. The van der Waals surface area contributed by atoms with E-state index < -0.39 is 0 Å². The summed E-state index contributed by atoms with van der Waals surface area (Å²) >= 11 is 0. The number of aryl methyl sites for hydroxylation is 1. The van der Waals surface area contributed by atoms with Crippen LogP contribution in [0, 0.1) is 0 Å². The molecule has 1 aromatic rings. The van der Waals surface area contributed by atoms with Crippen LogP contribution in [0.2, 0.25) is 0 Å². The van der Waals surface area contributed by atoms with E-state index in [4.69, 9.17) is 4.74 Å². The highest BCUT2D eigenvalue weighted by molar-refractivity contribution is 5.70. The minimum Gasteiger partial charge on any atom is -0.508 e. The van der Waals surface area contributed by atoms with Gasteiger partial charge in [-0.25, -0.2) is 0 Å². The van der Waals surface area contributed by atoms with Crippen molar-refractivity contribution in [1.82, 2.24) is 0 Å². The van der Waals surface area contributed by atoms with Crippen LogP contribution in [0.1, 0.15) is 64.7 Å². The molecule has 0 fully saturated rings. The van der Waals surface area contributed by atoms with Crippen molar-refractivity contribution >= 4 is 5.97 Å². The number of ether oxygens (including phenoxy) is 1. The Bertz CT molecular complexity index is 557. The van der Waals surface area contributed by atoms with E-state index in [1.54, 1.807) is 0 Å². The Morgan fingerprint density at radius 3 is 2.14 bits per heavy atom. The minimum atomic E-state index is -0.291. The van der Waals surface area contributed by atoms with Crippen molar-refractivity contribution in [2.24, 2.45) is 0 Å². The van der Waals surface area contributed by atoms with Crippen molar-refractivity contribution in [2.75, 3.05) is 0 Å². The maximum atomic E-state index is 11.6. The summed E-state index contributed by atoms with van der Waals surface area (Å²) in [7, 11) is 0. The van der Waals surface area contributed by atoms with Gasteiger partial charge in [0.15, 0.2) is 0 Å². The number of hydrogen-bond donors (Lipinski definition) is 1. The molecule has 0 saturated heterocycles. The molecular formula is C19H28O3. The molecule has 0 aliphatic carbocycles. The second-order valence-electron chi connectivity index (χ2n) is 7.68. The van der Waals surface area contributed by atoms with Crippen molar-refractivity contribution in [3.05, 3.63) is 41.7 Å². The summed E-state index contributed by atoms with van der Waals surface area (Å²) in [6, 6.07) is 3.87. The fourth-order valence-electron chi connectivity index (χ4n) is 2.53. The fourth-order valence-corrected chi connectivity index (χ4v) is 2.53. The van der Waals surface area contributed by atoms with Gasteiger partial charge in [-0.2, -0.15) is 0 Å². The average Bonchev–Trinajstić information content (AvgIpc) is 2.34. The zero-order valence-corrected chi connectivity index (χ0v) is 14.6. The Hall–Kier alpha value is -1.77.